The maximum atomic E-state index is 12.1. The number of aliphatic hydroxyl groups excluding tert-OH is 1. The summed E-state index contributed by atoms with van der Waals surface area (Å²) in [7, 11) is 0. The number of aliphatic hydroxyl groups is 1. The number of rotatable bonds is 7. The average molecular weight is 313 g/mol. The quantitative estimate of drug-likeness (QED) is 0.533. The molecule has 0 radical (unpaired) electrons. The highest BCUT2D eigenvalue weighted by Gasteiger charge is 2.24. The molecular weight excluding hydrogens is 290 g/mol. The first-order chi connectivity index (χ1) is 10.1. The van der Waals surface area contributed by atoms with Gasteiger partial charge >= 0.3 is 0 Å². The minimum Gasteiger partial charge on any atom is -0.396 e. The van der Waals surface area contributed by atoms with E-state index in [1.807, 2.05) is 0 Å². The first kappa shape index (κ1) is 16.0. The van der Waals surface area contributed by atoms with Crippen LogP contribution in [0.4, 0.5) is 10.9 Å². The van der Waals surface area contributed by atoms with E-state index in [9.17, 15) is 4.79 Å². The van der Waals surface area contributed by atoms with Crippen molar-refractivity contribution in [3.63, 3.8) is 0 Å². The summed E-state index contributed by atoms with van der Waals surface area (Å²) < 4.78 is 0. The van der Waals surface area contributed by atoms with Gasteiger partial charge < -0.3 is 26.8 Å². The van der Waals surface area contributed by atoms with Crippen molar-refractivity contribution in [2.45, 2.75) is 31.7 Å². The number of carbonyl (C=O) groups is 1. The van der Waals surface area contributed by atoms with Gasteiger partial charge in [0, 0.05) is 32.3 Å². The molecule has 1 aliphatic rings. The zero-order chi connectivity index (χ0) is 15.2. The summed E-state index contributed by atoms with van der Waals surface area (Å²) in [5.41, 5.74) is 11.7. The molecule has 7 nitrogen and oxygen atoms in total. The number of amides is 1. The molecule has 6 N–H and O–H groups in total. The number of aromatic nitrogens is 1. The zero-order valence-electron chi connectivity index (χ0n) is 12.0. The Labute approximate surface area is 128 Å². The van der Waals surface area contributed by atoms with Crippen LogP contribution in [0.15, 0.2) is 0 Å². The van der Waals surface area contributed by atoms with Gasteiger partial charge in [0.2, 0.25) is 0 Å². The lowest BCUT2D eigenvalue weighted by atomic mass is 10.2. The van der Waals surface area contributed by atoms with Gasteiger partial charge in [-0.25, -0.2) is 4.98 Å². The maximum Gasteiger partial charge on any atom is 0.265 e. The first-order valence-corrected chi connectivity index (χ1v) is 8.09. The smallest absolute Gasteiger partial charge is 0.265 e. The normalized spacial score (nSPS) is 18.2. The Bertz CT molecular complexity index is 479. The standard InChI is InChI=1S/C13H23N5O2S/c14-9-4-6-18(8-9)13-17-11(15)10(21-13)12(20)16-5-2-1-3-7-19/h9,19H,1-8,14-15H2,(H,16,20). The molecular formula is C13H23N5O2S. The fourth-order valence-corrected chi connectivity index (χ4v) is 3.21. The third kappa shape index (κ3) is 4.29. The second-order valence-corrected chi connectivity index (χ2v) is 6.22. The third-order valence-corrected chi connectivity index (χ3v) is 4.59. The number of carbonyl (C=O) groups excluding carboxylic acids is 1. The highest BCUT2D eigenvalue weighted by molar-refractivity contribution is 7.18. The van der Waals surface area contributed by atoms with E-state index in [4.69, 9.17) is 16.6 Å². The van der Waals surface area contributed by atoms with E-state index in [2.05, 4.69) is 15.2 Å². The van der Waals surface area contributed by atoms with Crippen LogP contribution in [0.3, 0.4) is 0 Å². The molecule has 1 saturated heterocycles. The molecule has 0 aliphatic carbocycles. The summed E-state index contributed by atoms with van der Waals surface area (Å²) in [6.45, 7) is 2.39. The maximum absolute atomic E-state index is 12.1. The largest absolute Gasteiger partial charge is 0.396 e. The van der Waals surface area contributed by atoms with Crippen molar-refractivity contribution in [1.29, 1.82) is 0 Å². The van der Waals surface area contributed by atoms with Crippen LogP contribution in [-0.4, -0.2) is 48.3 Å². The van der Waals surface area contributed by atoms with E-state index in [1.165, 1.54) is 11.3 Å². The minimum absolute atomic E-state index is 0.166. The number of hydrogen-bond donors (Lipinski definition) is 4. The number of nitrogens with two attached hydrogens (primary N) is 2. The molecule has 118 valence electrons. The first-order valence-electron chi connectivity index (χ1n) is 7.27. The zero-order valence-corrected chi connectivity index (χ0v) is 12.9. The number of nitrogens with one attached hydrogen (secondary N) is 1. The second-order valence-electron chi connectivity index (χ2n) is 5.25. The Morgan fingerprint density at radius 2 is 2.29 bits per heavy atom. The van der Waals surface area contributed by atoms with Gasteiger partial charge in [-0.3, -0.25) is 4.79 Å². The molecule has 0 saturated carbocycles. The van der Waals surface area contributed by atoms with Crippen LogP contribution in [0, 0.1) is 0 Å². The summed E-state index contributed by atoms with van der Waals surface area (Å²) >= 11 is 1.32. The van der Waals surface area contributed by atoms with E-state index in [0.717, 1.165) is 43.9 Å². The van der Waals surface area contributed by atoms with Gasteiger partial charge in [-0.05, 0) is 25.7 Å². The highest BCUT2D eigenvalue weighted by Crippen LogP contribution is 2.30. The molecule has 1 aliphatic heterocycles. The number of unbranched alkanes of at least 4 members (excludes halogenated alkanes) is 2. The van der Waals surface area contributed by atoms with Crippen LogP contribution in [-0.2, 0) is 0 Å². The third-order valence-electron chi connectivity index (χ3n) is 3.46. The number of nitrogens with zero attached hydrogens (tertiary/aromatic N) is 2. The highest BCUT2D eigenvalue weighted by atomic mass is 32.1. The van der Waals surface area contributed by atoms with Gasteiger partial charge in [0.1, 0.15) is 10.7 Å². The molecule has 0 aromatic carbocycles. The van der Waals surface area contributed by atoms with Crippen LogP contribution in [0.2, 0.25) is 0 Å². The Morgan fingerprint density at radius 1 is 1.48 bits per heavy atom. The SMILES string of the molecule is Nc1nc(N2CCC(N)C2)sc1C(=O)NCCCCCO. The Balaban J connectivity index is 1.88. The van der Waals surface area contributed by atoms with Crippen molar-refractivity contribution in [1.82, 2.24) is 10.3 Å². The van der Waals surface area contributed by atoms with Crippen LogP contribution < -0.4 is 21.7 Å². The number of thiazole rings is 1. The lowest BCUT2D eigenvalue weighted by Crippen LogP contribution is -2.26. The molecule has 0 bridgehead atoms. The topological polar surface area (TPSA) is 118 Å². The molecule has 1 fully saturated rings. The molecule has 1 amide bonds. The van der Waals surface area contributed by atoms with Crippen LogP contribution in [0.5, 0.6) is 0 Å². The van der Waals surface area contributed by atoms with Crippen molar-refractivity contribution in [3.8, 4) is 0 Å². The molecule has 2 rings (SSSR count). The molecule has 1 unspecified atom stereocenters. The van der Waals surface area contributed by atoms with Crippen LogP contribution in [0.1, 0.15) is 35.4 Å². The fraction of sp³-hybridized carbons (Fsp3) is 0.692. The number of hydrogen-bond acceptors (Lipinski definition) is 7. The van der Waals surface area contributed by atoms with E-state index < -0.39 is 0 Å². The van der Waals surface area contributed by atoms with E-state index in [0.29, 0.717) is 11.4 Å². The van der Waals surface area contributed by atoms with E-state index in [1.54, 1.807) is 0 Å². The summed E-state index contributed by atoms with van der Waals surface area (Å²) in [6, 6.07) is 0.166. The lowest BCUT2D eigenvalue weighted by molar-refractivity contribution is 0.0957. The second kappa shape index (κ2) is 7.58. The van der Waals surface area contributed by atoms with Crippen molar-refractivity contribution < 1.29 is 9.90 Å². The molecule has 2 heterocycles. The van der Waals surface area contributed by atoms with Crippen molar-refractivity contribution in [3.05, 3.63) is 4.88 Å². The van der Waals surface area contributed by atoms with Gasteiger partial charge in [0.05, 0.1) is 0 Å². The number of nitrogen functional groups attached to an aromatic ring is 1. The van der Waals surface area contributed by atoms with Crippen LogP contribution in [0.25, 0.3) is 0 Å². The predicted molar refractivity (Wildman–Crippen MR) is 84.6 cm³/mol. The fourth-order valence-electron chi connectivity index (χ4n) is 2.27. The Kier molecular flexibility index (Phi) is 5.77. The monoisotopic (exact) mass is 313 g/mol. The Morgan fingerprint density at radius 3 is 2.95 bits per heavy atom. The lowest BCUT2D eigenvalue weighted by Gasteiger charge is -2.12. The molecule has 21 heavy (non-hydrogen) atoms. The molecule has 0 spiro atoms. The molecule has 1 atom stereocenters. The summed E-state index contributed by atoms with van der Waals surface area (Å²) in [5.74, 6) is 0.104. The average Bonchev–Trinajstić information content (AvgIpc) is 3.04. The van der Waals surface area contributed by atoms with Crippen molar-refractivity contribution in [2.24, 2.45) is 5.73 Å². The van der Waals surface area contributed by atoms with Crippen LogP contribution >= 0.6 is 11.3 Å². The summed E-state index contributed by atoms with van der Waals surface area (Å²) in [5, 5.41) is 12.3. The van der Waals surface area contributed by atoms with Gasteiger partial charge in [-0.15, -0.1) is 0 Å². The van der Waals surface area contributed by atoms with Gasteiger partial charge in [0.15, 0.2) is 5.13 Å². The van der Waals surface area contributed by atoms with Gasteiger partial charge in [-0.1, -0.05) is 11.3 Å². The van der Waals surface area contributed by atoms with Gasteiger partial charge in [0.25, 0.3) is 5.91 Å². The summed E-state index contributed by atoms with van der Waals surface area (Å²) in [4.78, 5) is 18.9. The minimum atomic E-state index is -0.177. The van der Waals surface area contributed by atoms with Gasteiger partial charge in [-0.2, -0.15) is 0 Å². The molecule has 8 heteroatoms. The van der Waals surface area contributed by atoms with E-state index in [-0.39, 0.29) is 24.4 Å². The molecule has 1 aromatic rings. The van der Waals surface area contributed by atoms with Crippen molar-refractivity contribution in [2.75, 3.05) is 36.9 Å². The number of anilines is 2. The predicted octanol–water partition coefficient (Wildman–Crippen LogP) is 0.155. The summed E-state index contributed by atoms with van der Waals surface area (Å²) in [6.07, 6.45) is 3.44. The van der Waals surface area contributed by atoms with Crippen molar-refractivity contribution >= 4 is 28.2 Å². The molecule has 1 aromatic heterocycles. The Hall–Kier alpha value is -1.38. The van der Waals surface area contributed by atoms with E-state index >= 15 is 0 Å².